The Bertz CT molecular complexity index is 261. The van der Waals surface area contributed by atoms with Crippen LogP contribution in [0.3, 0.4) is 0 Å². The van der Waals surface area contributed by atoms with Crippen LogP contribution in [0.4, 0.5) is 4.79 Å². The van der Waals surface area contributed by atoms with Crippen molar-refractivity contribution in [2.24, 2.45) is 11.8 Å². The highest BCUT2D eigenvalue weighted by Crippen LogP contribution is 2.44. The number of amides is 2. The van der Waals surface area contributed by atoms with Crippen molar-refractivity contribution in [3.8, 4) is 0 Å². The van der Waals surface area contributed by atoms with Gasteiger partial charge in [0.25, 0.3) is 0 Å². The summed E-state index contributed by atoms with van der Waals surface area (Å²) in [5.41, 5.74) is 0. The molecule has 98 valence electrons. The van der Waals surface area contributed by atoms with Crippen LogP contribution in [0.1, 0.15) is 39.0 Å². The second-order valence-electron chi connectivity index (χ2n) is 5.71. The van der Waals surface area contributed by atoms with Crippen LogP contribution in [0.5, 0.6) is 0 Å². The van der Waals surface area contributed by atoms with E-state index in [1.54, 1.807) is 18.9 Å². The highest BCUT2D eigenvalue weighted by atomic mass is 16.3. The van der Waals surface area contributed by atoms with Crippen LogP contribution in [0.15, 0.2) is 0 Å². The van der Waals surface area contributed by atoms with E-state index < -0.39 is 0 Å². The van der Waals surface area contributed by atoms with E-state index in [1.807, 2.05) is 0 Å². The minimum Gasteiger partial charge on any atom is -0.393 e. The molecule has 0 spiro atoms. The number of aliphatic hydroxyl groups is 1. The van der Waals surface area contributed by atoms with Crippen molar-refractivity contribution in [2.75, 3.05) is 13.6 Å². The molecule has 0 aromatic rings. The topological polar surface area (TPSA) is 52.6 Å². The average molecular weight is 240 g/mol. The normalized spacial score (nSPS) is 21.4. The minimum atomic E-state index is -0.340. The molecule has 0 heterocycles. The molecule has 2 amide bonds. The summed E-state index contributed by atoms with van der Waals surface area (Å²) in [6.07, 6.45) is 5.41. The number of aliphatic hydroxyl groups excluding tert-OH is 1. The van der Waals surface area contributed by atoms with Crippen molar-refractivity contribution in [1.29, 1.82) is 0 Å². The lowest BCUT2D eigenvalue weighted by Crippen LogP contribution is -2.45. The van der Waals surface area contributed by atoms with Gasteiger partial charge in [0, 0.05) is 19.6 Å². The SMILES string of the molecule is CC(O)CCN(C)C(=O)NC(C1CC1)C1CC1. The third kappa shape index (κ3) is 3.87. The van der Waals surface area contributed by atoms with Crippen molar-refractivity contribution in [2.45, 2.75) is 51.2 Å². The van der Waals surface area contributed by atoms with Gasteiger partial charge >= 0.3 is 6.03 Å². The molecule has 1 atom stereocenters. The van der Waals surface area contributed by atoms with Gasteiger partial charge in [-0.15, -0.1) is 0 Å². The van der Waals surface area contributed by atoms with E-state index in [4.69, 9.17) is 0 Å². The van der Waals surface area contributed by atoms with Crippen molar-refractivity contribution < 1.29 is 9.90 Å². The Labute approximate surface area is 103 Å². The van der Waals surface area contributed by atoms with Gasteiger partial charge in [0.1, 0.15) is 0 Å². The van der Waals surface area contributed by atoms with E-state index in [2.05, 4.69) is 5.32 Å². The van der Waals surface area contributed by atoms with Gasteiger partial charge in [0.2, 0.25) is 0 Å². The van der Waals surface area contributed by atoms with E-state index in [0.29, 0.717) is 19.0 Å². The molecule has 17 heavy (non-hydrogen) atoms. The lowest BCUT2D eigenvalue weighted by molar-refractivity contribution is 0.161. The fraction of sp³-hybridized carbons (Fsp3) is 0.923. The van der Waals surface area contributed by atoms with Gasteiger partial charge < -0.3 is 15.3 Å². The lowest BCUT2D eigenvalue weighted by atomic mass is 10.1. The first kappa shape index (κ1) is 12.7. The summed E-state index contributed by atoms with van der Waals surface area (Å²) >= 11 is 0. The van der Waals surface area contributed by atoms with Crippen LogP contribution in [0, 0.1) is 11.8 Å². The molecule has 1 unspecified atom stereocenters. The van der Waals surface area contributed by atoms with Crippen LogP contribution in [0.25, 0.3) is 0 Å². The van der Waals surface area contributed by atoms with Crippen LogP contribution < -0.4 is 5.32 Å². The standard InChI is InChI=1S/C13H24N2O2/c1-9(16)7-8-15(2)13(17)14-12(10-3-4-10)11-5-6-11/h9-12,16H,3-8H2,1-2H3,(H,14,17). The summed E-state index contributed by atoms with van der Waals surface area (Å²) in [5.74, 6) is 1.47. The van der Waals surface area contributed by atoms with Crippen molar-refractivity contribution in [1.82, 2.24) is 10.2 Å². The quantitative estimate of drug-likeness (QED) is 0.740. The fourth-order valence-electron chi connectivity index (χ4n) is 2.27. The maximum Gasteiger partial charge on any atom is 0.317 e. The third-order valence-corrected chi connectivity index (χ3v) is 3.78. The predicted octanol–water partition coefficient (Wildman–Crippen LogP) is 1.59. The van der Waals surface area contributed by atoms with Gasteiger partial charge in [-0.05, 0) is 50.9 Å². The summed E-state index contributed by atoms with van der Waals surface area (Å²) in [5, 5.41) is 12.4. The smallest absolute Gasteiger partial charge is 0.317 e. The van der Waals surface area contributed by atoms with E-state index in [9.17, 15) is 9.90 Å². The van der Waals surface area contributed by atoms with Crippen LogP contribution in [0.2, 0.25) is 0 Å². The zero-order valence-corrected chi connectivity index (χ0v) is 10.9. The van der Waals surface area contributed by atoms with E-state index >= 15 is 0 Å². The highest BCUT2D eigenvalue weighted by molar-refractivity contribution is 5.74. The number of hydrogen-bond donors (Lipinski definition) is 2. The number of carbonyl (C=O) groups excluding carboxylic acids is 1. The summed E-state index contributed by atoms with van der Waals surface area (Å²) in [4.78, 5) is 13.6. The Balaban J connectivity index is 1.74. The molecule has 0 aromatic heterocycles. The first-order valence-electron chi connectivity index (χ1n) is 6.77. The van der Waals surface area contributed by atoms with Crippen molar-refractivity contribution >= 4 is 6.03 Å². The molecule has 0 aliphatic heterocycles. The summed E-state index contributed by atoms with van der Waals surface area (Å²) in [6.45, 7) is 2.37. The monoisotopic (exact) mass is 240 g/mol. The molecule has 2 aliphatic rings. The molecule has 2 aliphatic carbocycles. The Morgan fingerprint density at radius 3 is 2.29 bits per heavy atom. The molecule has 2 rings (SSSR count). The molecular weight excluding hydrogens is 216 g/mol. The second-order valence-corrected chi connectivity index (χ2v) is 5.71. The number of rotatable bonds is 6. The summed E-state index contributed by atoms with van der Waals surface area (Å²) in [6, 6.07) is 0.436. The third-order valence-electron chi connectivity index (χ3n) is 3.78. The summed E-state index contributed by atoms with van der Waals surface area (Å²) in [7, 11) is 1.80. The van der Waals surface area contributed by atoms with E-state index in [1.165, 1.54) is 25.7 Å². The largest absolute Gasteiger partial charge is 0.393 e. The van der Waals surface area contributed by atoms with Gasteiger partial charge in [0.15, 0.2) is 0 Å². The molecule has 0 aromatic carbocycles. The van der Waals surface area contributed by atoms with Crippen LogP contribution in [-0.4, -0.2) is 41.8 Å². The van der Waals surface area contributed by atoms with Gasteiger partial charge in [-0.3, -0.25) is 0 Å². The zero-order valence-electron chi connectivity index (χ0n) is 10.9. The average Bonchev–Trinajstić information content (AvgIpc) is 3.15. The summed E-state index contributed by atoms with van der Waals surface area (Å²) < 4.78 is 0. The van der Waals surface area contributed by atoms with Crippen LogP contribution >= 0.6 is 0 Å². The van der Waals surface area contributed by atoms with E-state index in [0.717, 1.165) is 11.8 Å². The number of nitrogens with one attached hydrogen (secondary N) is 1. The Hall–Kier alpha value is -0.770. The van der Waals surface area contributed by atoms with Gasteiger partial charge in [-0.2, -0.15) is 0 Å². The first-order valence-corrected chi connectivity index (χ1v) is 6.77. The van der Waals surface area contributed by atoms with Gasteiger partial charge in [0.05, 0.1) is 6.10 Å². The van der Waals surface area contributed by atoms with Crippen LogP contribution in [-0.2, 0) is 0 Å². The first-order chi connectivity index (χ1) is 8.08. The van der Waals surface area contributed by atoms with Crippen molar-refractivity contribution in [3.63, 3.8) is 0 Å². The molecule has 0 radical (unpaired) electrons. The number of carbonyl (C=O) groups is 1. The molecule has 4 heteroatoms. The number of urea groups is 1. The molecule has 2 N–H and O–H groups in total. The Kier molecular flexibility index (Phi) is 3.92. The Morgan fingerprint density at radius 2 is 1.88 bits per heavy atom. The molecule has 0 bridgehead atoms. The minimum absolute atomic E-state index is 0.0226. The fourth-order valence-corrected chi connectivity index (χ4v) is 2.27. The van der Waals surface area contributed by atoms with Gasteiger partial charge in [-0.25, -0.2) is 4.79 Å². The molecule has 2 saturated carbocycles. The van der Waals surface area contributed by atoms with Crippen molar-refractivity contribution in [3.05, 3.63) is 0 Å². The molecule has 2 fully saturated rings. The molecular formula is C13H24N2O2. The number of hydrogen-bond acceptors (Lipinski definition) is 2. The van der Waals surface area contributed by atoms with E-state index in [-0.39, 0.29) is 12.1 Å². The molecule has 4 nitrogen and oxygen atoms in total. The maximum absolute atomic E-state index is 12.0. The maximum atomic E-state index is 12.0. The highest BCUT2D eigenvalue weighted by Gasteiger charge is 2.42. The Morgan fingerprint density at radius 1 is 1.35 bits per heavy atom. The zero-order chi connectivity index (χ0) is 12.4. The lowest BCUT2D eigenvalue weighted by Gasteiger charge is -2.24. The second kappa shape index (κ2) is 5.25. The predicted molar refractivity (Wildman–Crippen MR) is 66.7 cm³/mol. The number of nitrogens with zero attached hydrogens (tertiary/aromatic N) is 1. The van der Waals surface area contributed by atoms with Gasteiger partial charge in [-0.1, -0.05) is 0 Å². The molecule has 0 saturated heterocycles.